The van der Waals surface area contributed by atoms with Crippen LogP contribution in [0.4, 0.5) is 0 Å². The molecule has 0 bridgehead atoms. The van der Waals surface area contributed by atoms with Gasteiger partial charge in [0, 0.05) is 25.5 Å². The molecule has 0 aliphatic carbocycles. The molecular weight excluding hydrogens is 238 g/mol. The van der Waals surface area contributed by atoms with E-state index in [0.29, 0.717) is 6.54 Å². The maximum atomic E-state index is 12.5. The van der Waals surface area contributed by atoms with Gasteiger partial charge < -0.3 is 10.2 Å². The second-order valence-corrected chi connectivity index (χ2v) is 6.09. The first-order chi connectivity index (χ1) is 9.02. The fraction of sp³-hybridized carbons (Fsp3) is 0.600. The van der Waals surface area contributed by atoms with E-state index in [4.69, 9.17) is 0 Å². The molecule has 0 radical (unpaired) electrons. The van der Waals surface area contributed by atoms with Gasteiger partial charge in [0.1, 0.15) is 0 Å². The highest BCUT2D eigenvalue weighted by Crippen LogP contribution is 2.29. The van der Waals surface area contributed by atoms with Gasteiger partial charge in [0.05, 0.1) is 6.04 Å². The summed E-state index contributed by atoms with van der Waals surface area (Å²) in [7, 11) is 1.87. The van der Waals surface area contributed by atoms with Crippen molar-refractivity contribution in [1.82, 2.24) is 15.2 Å². The Bertz CT molecular complexity index is 430. The zero-order chi connectivity index (χ0) is 13.9. The van der Waals surface area contributed by atoms with E-state index in [9.17, 15) is 4.79 Å². The first-order valence-corrected chi connectivity index (χ1v) is 6.87. The van der Waals surface area contributed by atoms with Crippen LogP contribution >= 0.6 is 0 Å². The number of likely N-dealkylation sites (N-methyl/N-ethyl adjacent to an activating group) is 1. The summed E-state index contributed by atoms with van der Waals surface area (Å²) in [5.41, 5.74) is 1.31. The number of hydrogen-bond acceptors (Lipinski definition) is 3. The molecule has 0 spiro atoms. The Morgan fingerprint density at radius 2 is 2.11 bits per heavy atom. The van der Waals surface area contributed by atoms with Gasteiger partial charge in [0.2, 0.25) is 5.91 Å². The Kier molecular flexibility index (Phi) is 4.20. The highest BCUT2D eigenvalue weighted by Gasteiger charge is 2.33. The normalized spacial score (nSPS) is 23.2. The Hall–Kier alpha value is -1.42. The van der Waals surface area contributed by atoms with Crippen molar-refractivity contribution in [2.75, 3.05) is 13.6 Å². The minimum atomic E-state index is -0.0522. The number of carbonyl (C=O) groups is 1. The SMILES string of the molecule is CNC1CCC(C)(C)CN(Cc2ccncc2)C1=O. The number of aromatic nitrogens is 1. The summed E-state index contributed by atoms with van der Waals surface area (Å²) in [6.07, 6.45) is 5.53. The van der Waals surface area contributed by atoms with Gasteiger partial charge in [0.15, 0.2) is 0 Å². The quantitative estimate of drug-likeness (QED) is 0.902. The van der Waals surface area contributed by atoms with Gasteiger partial charge in [-0.15, -0.1) is 0 Å². The van der Waals surface area contributed by atoms with Gasteiger partial charge in [-0.3, -0.25) is 9.78 Å². The number of likely N-dealkylation sites (tertiary alicyclic amines) is 1. The summed E-state index contributed by atoms with van der Waals surface area (Å²) >= 11 is 0. The molecule has 19 heavy (non-hydrogen) atoms. The number of carbonyl (C=O) groups excluding carboxylic acids is 1. The van der Waals surface area contributed by atoms with Gasteiger partial charge in [-0.2, -0.15) is 0 Å². The molecule has 1 fully saturated rings. The molecule has 0 aromatic carbocycles. The van der Waals surface area contributed by atoms with Crippen LogP contribution < -0.4 is 5.32 Å². The fourth-order valence-corrected chi connectivity index (χ4v) is 2.66. The molecule has 0 saturated carbocycles. The molecule has 1 atom stereocenters. The Morgan fingerprint density at radius 3 is 2.74 bits per heavy atom. The van der Waals surface area contributed by atoms with Crippen LogP contribution in [0.3, 0.4) is 0 Å². The van der Waals surface area contributed by atoms with Crippen molar-refractivity contribution in [3.63, 3.8) is 0 Å². The Morgan fingerprint density at radius 1 is 1.42 bits per heavy atom. The lowest BCUT2D eigenvalue weighted by Crippen LogP contribution is -2.44. The van der Waals surface area contributed by atoms with Gasteiger partial charge in [-0.25, -0.2) is 0 Å². The topological polar surface area (TPSA) is 45.2 Å². The molecule has 104 valence electrons. The molecule has 1 aromatic heterocycles. The van der Waals surface area contributed by atoms with Gasteiger partial charge in [-0.1, -0.05) is 13.8 Å². The van der Waals surface area contributed by atoms with E-state index in [1.165, 1.54) is 0 Å². The molecule has 2 heterocycles. The molecule has 1 N–H and O–H groups in total. The van der Waals surface area contributed by atoms with Crippen LogP contribution in [0.2, 0.25) is 0 Å². The molecule has 1 aliphatic rings. The van der Waals surface area contributed by atoms with Crippen LogP contribution in [0.5, 0.6) is 0 Å². The van der Waals surface area contributed by atoms with Crippen molar-refractivity contribution >= 4 is 5.91 Å². The van der Waals surface area contributed by atoms with Crippen LogP contribution in [0.25, 0.3) is 0 Å². The van der Waals surface area contributed by atoms with E-state index in [1.807, 2.05) is 24.1 Å². The standard InChI is InChI=1S/C15H23N3O/c1-15(2)7-4-13(16-3)14(19)18(11-15)10-12-5-8-17-9-6-12/h5-6,8-9,13,16H,4,7,10-11H2,1-3H3. The van der Waals surface area contributed by atoms with Gasteiger partial charge >= 0.3 is 0 Å². The maximum absolute atomic E-state index is 12.5. The summed E-state index contributed by atoms with van der Waals surface area (Å²) < 4.78 is 0. The second kappa shape index (κ2) is 5.70. The monoisotopic (exact) mass is 261 g/mol. The molecular formula is C15H23N3O. The Labute approximate surface area is 115 Å². The molecule has 4 heteroatoms. The number of amides is 1. The smallest absolute Gasteiger partial charge is 0.240 e. The Balaban J connectivity index is 2.17. The van der Waals surface area contributed by atoms with Crippen LogP contribution in [0, 0.1) is 5.41 Å². The molecule has 1 aromatic rings. The first kappa shape index (κ1) is 14.0. The van der Waals surface area contributed by atoms with Crippen molar-refractivity contribution in [1.29, 1.82) is 0 Å². The number of nitrogens with one attached hydrogen (secondary N) is 1. The highest BCUT2D eigenvalue weighted by molar-refractivity contribution is 5.82. The average molecular weight is 261 g/mol. The second-order valence-electron chi connectivity index (χ2n) is 6.09. The number of pyridine rings is 1. The first-order valence-electron chi connectivity index (χ1n) is 6.87. The molecule has 1 saturated heterocycles. The molecule has 1 aliphatic heterocycles. The van der Waals surface area contributed by atoms with E-state index in [1.54, 1.807) is 12.4 Å². The van der Waals surface area contributed by atoms with Crippen molar-refractivity contribution < 1.29 is 4.79 Å². The zero-order valence-corrected chi connectivity index (χ0v) is 12.0. The number of hydrogen-bond donors (Lipinski definition) is 1. The van der Waals surface area contributed by atoms with E-state index in [0.717, 1.165) is 24.9 Å². The minimum absolute atomic E-state index is 0.0522. The van der Waals surface area contributed by atoms with Crippen molar-refractivity contribution in [3.05, 3.63) is 30.1 Å². The lowest BCUT2D eigenvalue weighted by Gasteiger charge is -2.30. The average Bonchev–Trinajstić information content (AvgIpc) is 2.49. The maximum Gasteiger partial charge on any atom is 0.240 e. The van der Waals surface area contributed by atoms with E-state index in [2.05, 4.69) is 24.1 Å². The van der Waals surface area contributed by atoms with E-state index in [-0.39, 0.29) is 17.4 Å². The summed E-state index contributed by atoms with van der Waals surface area (Å²) in [5.74, 6) is 0.213. The van der Waals surface area contributed by atoms with Gasteiger partial charge in [-0.05, 0) is 43.0 Å². The number of rotatable bonds is 3. The lowest BCUT2D eigenvalue weighted by molar-refractivity contribution is -0.134. The molecule has 4 nitrogen and oxygen atoms in total. The molecule has 1 amide bonds. The van der Waals surface area contributed by atoms with Crippen LogP contribution in [-0.2, 0) is 11.3 Å². The van der Waals surface area contributed by atoms with Crippen molar-refractivity contribution in [2.24, 2.45) is 5.41 Å². The third-order valence-corrected chi connectivity index (χ3v) is 3.81. The largest absolute Gasteiger partial charge is 0.336 e. The van der Waals surface area contributed by atoms with Crippen LogP contribution in [-0.4, -0.2) is 35.4 Å². The van der Waals surface area contributed by atoms with Gasteiger partial charge in [0.25, 0.3) is 0 Å². The fourth-order valence-electron chi connectivity index (χ4n) is 2.66. The molecule has 2 rings (SSSR count). The number of nitrogens with zero attached hydrogens (tertiary/aromatic N) is 2. The summed E-state index contributed by atoms with van der Waals surface area (Å²) in [5, 5.41) is 3.14. The van der Waals surface area contributed by atoms with E-state index < -0.39 is 0 Å². The summed E-state index contributed by atoms with van der Waals surface area (Å²) in [6.45, 7) is 5.95. The molecule has 1 unspecified atom stereocenters. The lowest BCUT2D eigenvalue weighted by atomic mass is 9.87. The predicted molar refractivity (Wildman–Crippen MR) is 75.5 cm³/mol. The van der Waals surface area contributed by atoms with Crippen LogP contribution in [0.1, 0.15) is 32.3 Å². The summed E-state index contributed by atoms with van der Waals surface area (Å²) in [6, 6.07) is 3.89. The third kappa shape index (κ3) is 3.53. The van der Waals surface area contributed by atoms with Crippen molar-refractivity contribution in [2.45, 2.75) is 39.3 Å². The minimum Gasteiger partial charge on any atom is -0.336 e. The zero-order valence-electron chi connectivity index (χ0n) is 12.0. The predicted octanol–water partition coefficient (Wildman–Crippen LogP) is 1.82. The highest BCUT2D eigenvalue weighted by atomic mass is 16.2. The van der Waals surface area contributed by atoms with Crippen LogP contribution in [0.15, 0.2) is 24.5 Å². The van der Waals surface area contributed by atoms with Crippen molar-refractivity contribution in [3.8, 4) is 0 Å². The van der Waals surface area contributed by atoms with E-state index >= 15 is 0 Å². The third-order valence-electron chi connectivity index (χ3n) is 3.81. The summed E-state index contributed by atoms with van der Waals surface area (Å²) in [4.78, 5) is 18.5.